The normalized spacial score (nSPS) is 14.4. The molecule has 0 spiro atoms. The van der Waals surface area contributed by atoms with Gasteiger partial charge in [-0.25, -0.2) is 13.4 Å². The second-order valence-corrected chi connectivity index (χ2v) is 9.64. The van der Waals surface area contributed by atoms with E-state index in [1.807, 2.05) is 31.2 Å². The first kappa shape index (κ1) is 19.9. The Morgan fingerprint density at radius 2 is 1.93 bits per heavy atom. The second kappa shape index (κ2) is 8.14. The molecular formula is C21H22N2O4S2. The highest BCUT2D eigenvalue weighted by Crippen LogP contribution is 2.34. The number of nitrogens with zero attached hydrogens (tertiary/aromatic N) is 2. The molecule has 2 heterocycles. The van der Waals surface area contributed by atoms with Crippen molar-refractivity contribution in [3.63, 3.8) is 0 Å². The first-order chi connectivity index (χ1) is 14.0. The van der Waals surface area contributed by atoms with Gasteiger partial charge in [-0.05, 0) is 43.3 Å². The molecule has 29 heavy (non-hydrogen) atoms. The predicted molar refractivity (Wildman–Crippen MR) is 113 cm³/mol. The zero-order chi connectivity index (χ0) is 20.4. The molecule has 0 N–H and O–H groups in total. The Hall–Kier alpha value is -2.42. The minimum Gasteiger partial charge on any atom is -0.497 e. The quantitative estimate of drug-likeness (QED) is 0.592. The van der Waals surface area contributed by atoms with Crippen LogP contribution in [0.5, 0.6) is 11.5 Å². The van der Waals surface area contributed by atoms with Gasteiger partial charge in [-0.15, -0.1) is 11.3 Å². The summed E-state index contributed by atoms with van der Waals surface area (Å²) < 4.78 is 38.4. The van der Waals surface area contributed by atoms with Gasteiger partial charge in [0.1, 0.15) is 16.5 Å². The van der Waals surface area contributed by atoms with Crippen LogP contribution in [0.2, 0.25) is 0 Å². The third-order valence-electron chi connectivity index (χ3n) is 4.79. The Kier molecular flexibility index (Phi) is 5.58. The summed E-state index contributed by atoms with van der Waals surface area (Å²) in [4.78, 5) is 6.01. The van der Waals surface area contributed by atoms with Crippen LogP contribution in [0.4, 0.5) is 0 Å². The standard InChI is InChI=1S/C21H22N2O4S2/c1-3-27-16-7-9-18(10-8-16)29(24,25)23-12-11-19-20(14-23)28-21(22-19)15-5-4-6-17(13-15)26-2/h4-10,13H,3,11-12,14H2,1-2H3. The molecule has 1 aromatic heterocycles. The first-order valence-corrected chi connectivity index (χ1v) is 11.6. The number of sulfonamides is 1. The Morgan fingerprint density at radius 3 is 2.66 bits per heavy atom. The van der Waals surface area contributed by atoms with Gasteiger partial charge in [0.2, 0.25) is 10.0 Å². The van der Waals surface area contributed by atoms with E-state index in [2.05, 4.69) is 0 Å². The SMILES string of the molecule is CCOc1ccc(S(=O)(=O)N2CCc3nc(-c4cccc(OC)c4)sc3C2)cc1. The highest BCUT2D eigenvalue weighted by atomic mass is 32.2. The number of hydrogen-bond donors (Lipinski definition) is 0. The molecule has 2 aromatic carbocycles. The van der Waals surface area contributed by atoms with Crippen LogP contribution in [0, 0.1) is 0 Å². The fourth-order valence-corrected chi connectivity index (χ4v) is 5.89. The Bertz CT molecular complexity index is 1110. The summed E-state index contributed by atoms with van der Waals surface area (Å²) in [6.45, 7) is 3.20. The maximum absolute atomic E-state index is 13.1. The van der Waals surface area contributed by atoms with Crippen LogP contribution >= 0.6 is 11.3 Å². The summed E-state index contributed by atoms with van der Waals surface area (Å²) in [5.74, 6) is 1.44. The van der Waals surface area contributed by atoms with Crippen molar-refractivity contribution in [3.05, 3.63) is 59.1 Å². The van der Waals surface area contributed by atoms with Gasteiger partial charge in [-0.2, -0.15) is 4.31 Å². The molecule has 0 saturated carbocycles. The smallest absolute Gasteiger partial charge is 0.243 e. The molecule has 0 fully saturated rings. The van der Waals surface area contributed by atoms with Crippen molar-refractivity contribution in [3.8, 4) is 22.1 Å². The number of aromatic nitrogens is 1. The van der Waals surface area contributed by atoms with Gasteiger partial charge >= 0.3 is 0 Å². The van der Waals surface area contributed by atoms with E-state index in [0.717, 1.165) is 26.9 Å². The van der Waals surface area contributed by atoms with Gasteiger partial charge in [0, 0.05) is 23.4 Å². The molecule has 0 bridgehead atoms. The van der Waals surface area contributed by atoms with Crippen LogP contribution < -0.4 is 9.47 Å². The van der Waals surface area contributed by atoms with Gasteiger partial charge in [-0.1, -0.05) is 12.1 Å². The van der Waals surface area contributed by atoms with Gasteiger partial charge in [-0.3, -0.25) is 0 Å². The molecule has 0 saturated heterocycles. The number of benzene rings is 2. The van der Waals surface area contributed by atoms with Crippen LogP contribution in [0.15, 0.2) is 53.4 Å². The lowest BCUT2D eigenvalue weighted by Gasteiger charge is -2.25. The third kappa shape index (κ3) is 4.01. The minimum absolute atomic E-state index is 0.280. The maximum atomic E-state index is 13.1. The number of methoxy groups -OCH3 is 1. The Balaban J connectivity index is 1.57. The average Bonchev–Trinajstić information content (AvgIpc) is 3.18. The van der Waals surface area contributed by atoms with E-state index in [9.17, 15) is 8.42 Å². The third-order valence-corrected chi connectivity index (χ3v) is 7.78. The van der Waals surface area contributed by atoms with E-state index >= 15 is 0 Å². The zero-order valence-electron chi connectivity index (χ0n) is 16.3. The highest BCUT2D eigenvalue weighted by Gasteiger charge is 2.30. The van der Waals surface area contributed by atoms with Gasteiger partial charge < -0.3 is 9.47 Å². The van der Waals surface area contributed by atoms with Crippen molar-refractivity contribution >= 4 is 21.4 Å². The monoisotopic (exact) mass is 430 g/mol. The van der Waals surface area contributed by atoms with Crippen LogP contribution in [-0.2, 0) is 23.0 Å². The lowest BCUT2D eigenvalue weighted by molar-refractivity contribution is 0.340. The lowest BCUT2D eigenvalue weighted by atomic mass is 10.2. The fourth-order valence-electron chi connectivity index (χ4n) is 3.28. The van der Waals surface area contributed by atoms with Crippen LogP contribution in [0.3, 0.4) is 0 Å². The van der Waals surface area contributed by atoms with Gasteiger partial charge in [0.25, 0.3) is 0 Å². The zero-order valence-corrected chi connectivity index (χ0v) is 17.9. The first-order valence-electron chi connectivity index (χ1n) is 9.37. The molecule has 4 rings (SSSR count). The van der Waals surface area contributed by atoms with Crippen molar-refractivity contribution in [1.29, 1.82) is 0 Å². The molecule has 0 radical (unpaired) electrons. The molecular weight excluding hydrogens is 408 g/mol. The summed E-state index contributed by atoms with van der Waals surface area (Å²) in [7, 11) is -1.93. The van der Waals surface area contributed by atoms with Crippen molar-refractivity contribution in [2.24, 2.45) is 0 Å². The molecule has 8 heteroatoms. The van der Waals surface area contributed by atoms with Gasteiger partial charge in [0.15, 0.2) is 0 Å². The van der Waals surface area contributed by atoms with Crippen molar-refractivity contribution in [1.82, 2.24) is 9.29 Å². The van der Waals surface area contributed by atoms with Crippen LogP contribution in [0.1, 0.15) is 17.5 Å². The molecule has 0 unspecified atom stereocenters. The summed E-state index contributed by atoms with van der Waals surface area (Å²) in [5.41, 5.74) is 1.95. The van der Waals surface area contributed by atoms with E-state index in [0.29, 0.717) is 31.9 Å². The van der Waals surface area contributed by atoms with E-state index in [-0.39, 0.29) is 4.90 Å². The number of fused-ring (bicyclic) bond motifs is 1. The number of hydrogen-bond acceptors (Lipinski definition) is 6. The topological polar surface area (TPSA) is 68.7 Å². The molecule has 6 nitrogen and oxygen atoms in total. The highest BCUT2D eigenvalue weighted by molar-refractivity contribution is 7.89. The molecule has 152 valence electrons. The summed E-state index contributed by atoms with van der Waals surface area (Å²) in [6, 6.07) is 14.3. The molecule has 0 amide bonds. The van der Waals surface area contributed by atoms with Crippen LogP contribution in [0.25, 0.3) is 10.6 Å². The van der Waals surface area contributed by atoms with E-state index in [4.69, 9.17) is 14.5 Å². The molecule has 1 aliphatic heterocycles. The average molecular weight is 431 g/mol. The summed E-state index contributed by atoms with van der Waals surface area (Å²) in [5, 5.41) is 0.884. The number of thiazole rings is 1. The van der Waals surface area contributed by atoms with Crippen LogP contribution in [-0.4, -0.2) is 38.0 Å². The molecule has 0 atom stereocenters. The van der Waals surface area contributed by atoms with Crippen molar-refractivity contribution < 1.29 is 17.9 Å². The van der Waals surface area contributed by atoms with Crippen molar-refractivity contribution in [2.75, 3.05) is 20.3 Å². The maximum Gasteiger partial charge on any atom is 0.243 e. The number of rotatable bonds is 6. The fraction of sp³-hybridized carbons (Fsp3) is 0.286. The van der Waals surface area contributed by atoms with E-state index in [1.54, 1.807) is 31.4 Å². The van der Waals surface area contributed by atoms with Crippen molar-refractivity contribution in [2.45, 2.75) is 24.8 Å². The predicted octanol–water partition coefficient (Wildman–Crippen LogP) is 3.96. The lowest BCUT2D eigenvalue weighted by Crippen LogP contribution is -2.35. The molecule has 1 aliphatic rings. The van der Waals surface area contributed by atoms with Gasteiger partial charge in [0.05, 0.1) is 30.9 Å². The number of ether oxygens (including phenoxy) is 2. The Labute approximate surface area is 174 Å². The molecule has 3 aromatic rings. The Morgan fingerprint density at radius 1 is 1.14 bits per heavy atom. The largest absolute Gasteiger partial charge is 0.497 e. The summed E-state index contributed by atoms with van der Waals surface area (Å²) in [6.07, 6.45) is 0.603. The van der Waals surface area contributed by atoms with E-state index in [1.165, 1.54) is 15.6 Å². The molecule has 0 aliphatic carbocycles. The second-order valence-electron chi connectivity index (χ2n) is 6.61. The summed E-state index contributed by atoms with van der Waals surface area (Å²) >= 11 is 1.54. The van der Waals surface area contributed by atoms with E-state index < -0.39 is 10.0 Å². The minimum atomic E-state index is -3.57.